The molecule has 1 aromatic rings. The van der Waals surface area contributed by atoms with Gasteiger partial charge in [0.15, 0.2) is 5.76 Å². The lowest BCUT2D eigenvalue weighted by Crippen LogP contribution is -2.23. The van der Waals surface area contributed by atoms with E-state index in [1.807, 2.05) is 13.8 Å². The van der Waals surface area contributed by atoms with Gasteiger partial charge in [0, 0.05) is 12.0 Å². The predicted octanol–water partition coefficient (Wildman–Crippen LogP) is 2.03. The fraction of sp³-hybridized carbons (Fsp3) is 0.667. The van der Waals surface area contributed by atoms with Crippen molar-refractivity contribution in [3.8, 4) is 0 Å². The number of aromatic nitrogens is 1. The second kappa shape index (κ2) is 6.20. The molecule has 1 aromatic heterocycles. The van der Waals surface area contributed by atoms with E-state index >= 15 is 0 Å². The minimum atomic E-state index is 0. The molecule has 1 saturated carbocycles. The number of carbonyl (C=O) groups is 1. The van der Waals surface area contributed by atoms with E-state index in [1.165, 1.54) is 0 Å². The van der Waals surface area contributed by atoms with E-state index < -0.39 is 0 Å². The summed E-state index contributed by atoms with van der Waals surface area (Å²) in [6.45, 7) is 3.79. The number of hydrogen-bond acceptors (Lipinski definition) is 4. The molecule has 1 aliphatic rings. The van der Waals surface area contributed by atoms with Crippen molar-refractivity contribution < 1.29 is 9.32 Å². The van der Waals surface area contributed by atoms with Gasteiger partial charge in [0.05, 0.1) is 0 Å². The van der Waals surface area contributed by atoms with Crippen molar-refractivity contribution >= 4 is 24.0 Å². The van der Waals surface area contributed by atoms with Crippen molar-refractivity contribution in [1.29, 1.82) is 0 Å². The monoisotopic (exact) mass is 273 g/mol. The van der Waals surface area contributed by atoms with E-state index in [4.69, 9.17) is 10.3 Å². The van der Waals surface area contributed by atoms with Crippen LogP contribution in [0.25, 0.3) is 0 Å². The number of aryl methyl sites for hydroxylation is 2. The highest BCUT2D eigenvalue weighted by atomic mass is 35.5. The number of nitrogens with zero attached hydrogens (tertiary/aromatic N) is 1. The molecule has 18 heavy (non-hydrogen) atoms. The van der Waals surface area contributed by atoms with Crippen molar-refractivity contribution in [2.75, 3.05) is 5.32 Å². The number of nitrogens with one attached hydrogen (secondary N) is 1. The topological polar surface area (TPSA) is 81.2 Å². The summed E-state index contributed by atoms with van der Waals surface area (Å²) in [6.07, 6.45) is 3.33. The Bertz CT molecular complexity index is 419. The first-order valence-electron chi connectivity index (χ1n) is 6.13. The summed E-state index contributed by atoms with van der Waals surface area (Å²) in [4.78, 5) is 12.0. The Balaban J connectivity index is 0.00000162. The molecule has 1 aliphatic carbocycles. The van der Waals surface area contributed by atoms with E-state index in [2.05, 4.69) is 10.5 Å². The standard InChI is InChI=1S/C12H19N3O2.ClH/c1-3-10-11(7(2)17-15-10)14-12(16)8-4-5-9(13)6-8;/h8-9H,3-6,13H2,1-2H3,(H,14,16);1H. The highest BCUT2D eigenvalue weighted by molar-refractivity contribution is 5.93. The molecule has 1 amide bonds. The first-order valence-corrected chi connectivity index (χ1v) is 6.13. The first-order chi connectivity index (χ1) is 8.11. The van der Waals surface area contributed by atoms with Gasteiger partial charge in [0.1, 0.15) is 11.4 Å². The minimum Gasteiger partial charge on any atom is -0.359 e. The quantitative estimate of drug-likeness (QED) is 0.883. The summed E-state index contributed by atoms with van der Waals surface area (Å²) in [5.41, 5.74) is 7.35. The largest absolute Gasteiger partial charge is 0.359 e. The Morgan fingerprint density at radius 2 is 2.28 bits per heavy atom. The van der Waals surface area contributed by atoms with Gasteiger partial charge in [-0.25, -0.2) is 0 Å². The number of halogens is 1. The number of hydrogen-bond donors (Lipinski definition) is 2. The second-order valence-corrected chi connectivity index (χ2v) is 4.67. The lowest BCUT2D eigenvalue weighted by molar-refractivity contribution is -0.119. The zero-order valence-electron chi connectivity index (χ0n) is 10.7. The van der Waals surface area contributed by atoms with Crippen LogP contribution in [0, 0.1) is 12.8 Å². The molecule has 102 valence electrons. The van der Waals surface area contributed by atoms with Crippen LogP contribution in [-0.2, 0) is 11.2 Å². The summed E-state index contributed by atoms with van der Waals surface area (Å²) in [5.74, 6) is 0.737. The Labute approximate surface area is 113 Å². The van der Waals surface area contributed by atoms with E-state index in [-0.39, 0.29) is 30.3 Å². The van der Waals surface area contributed by atoms with Gasteiger partial charge in [0.2, 0.25) is 5.91 Å². The van der Waals surface area contributed by atoms with Crippen LogP contribution in [0.3, 0.4) is 0 Å². The van der Waals surface area contributed by atoms with Gasteiger partial charge in [-0.05, 0) is 32.6 Å². The highest BCUT2D eigenvalue weighted by Gasteiger charge is 2.28. The number of rotatable bonds is 3. The Hall–Kier alpha value is -1.07. The highest BCUT2D eigenvalue weighted by Crippen LogP contribution is 2.27. The van der Waals surface area contributed by atoms with Gasteiger partial charge in [-0.1, -0.05) is 12.1 Å². The van der Waals surface area contributed by atoms with Crippen molar-refractivity contribution in [2.45, 2.75) is 45.6 Å². The van der Waals surface area contributed by atoms with Crippen molar-refractivity contribution in [2.24, 2.45) is 11.7 Å². The lowest BCUT2D eigenvalue weighted by Gasteiger charge is -2.10. The van der Waals surface area contributed by atoms with Crippen LogP contribution in [0.4, 0.5) is 5.69 Å². The molecule has 0 radical (unpaired) electrons. The van der Waals surface area contributed by atoms with Gasteiger partial charge >= 0.3 is 0 Å². The molecule has 6 heteroatoms. The fourth-order valence-electron chi connectivity index (χ4n) is 2.30. The van der Waals surface area contributed by atoms with Crippen LogP contribution >= 0.6 is 12.4 Å². The molecule has 2 rings (SSSR count). The number of anilines is 1. The van der Waals surface area contributed by atoms with Gasteiger partial charge in [-0.15, -0.1) is 12.4 Å². The summed E-state index contributed by atoms with van der Waals surface area (Å²) in [7, 11) is 0. The summed E-state index contributed by atoms with van der Waals surface area (Å²) < 4.78 is 5.08. The van der Waals surface area contributed by atoms with Gasteiger partial charge in [0.25, 0.3) is 0 Å². The average Bonchev–Trinajstić information content (AvgIpc) is 2.87. The third-order valence-electron chi connectivity index (χ3n) is 3.36. The van der Waals surface area contributed by atoms with Crippen LogP contribution < -0.4 is 11.1 Å². The Morgan fingerprint density at radius 3 is 2.83 bits per heavy atom. The molecule has 0 aliphatic heterocycles. The smallest absolute Gasteiger partial charge is 0.227 e. The fourth-order valence-corrected chi connectivity index (χ4v) is 2.30. The maximum Gasteiger partial charge on any atom is 0.227 e. The van der Waals surface area contributed by atoms with Gasteiger partial charge in [-0.2, -0.15) is 0 Å². The van der Waals surface area contributed by atoms with Crippen molar-refractivity contribution in [1.82, 2.24) is 5.16 Å². The zero-order valence-corrected chi connectivity index (χ0v) is 11.5. The maximum absolute atomic E-state index is 12.0. The minimum absolute atomic E-state index is 0. The normalized spacial score (nSPS) is 22.6. The van der Waals surface area contributed by atoms with Crippen LogP contribution in [0.1, 0.15) is 37.6 Å². The second-order valence-electron chi connectivity index (χ2n) is 4.67. The average molecular weight is 274 g/mol. The molecule has 0 spiro atoms. The van der Waals surface area contributed by atoms with E-state index in [9.17, 15) is 4.79 Å². The van der Waals surface area contributed by atoms with E-state index in [0.717, 1.165) is 37.1 Å². The summed E-state index contributed by atoms with van der Waals surface area (Å²) >= 11 is 0. The molecular formula is C12H20ClN3O2. The molecular weight excluding hydrogens is 254 g/mol. The van der Waals surface area contributed by atoms with Crippen molar-refractivity contribution in [3.05, 3.63) is 11.5 Å². The lowest BCUT2D eigenvalue weighted by atomic mass is 10.1. The molecule has 1 fully saturated rings. The third kappa shape index (κ3) is 3.03. The molecule has 1 heterocycles. The van der Waals surface area contributed by atoms with Crippen LogP contribution in [0.15, 0.2) is 4.52 Å². The van der Waals surface area contributed by atoms with E-state index in [1.54, 1.807) is 0 Å². The first kappa shape index (κ1) is 15.0. The van der Waals surface area contributed by atoms with Crippen molar-refractivity contribution in [3.63, 3.8) is 0 Å². The number of nitrogens with two attached hydrogens (primary N) is 1. The molecule has 0 saturated heterocycles. The third-order valence-corrected chi connectivity index (χ3v) is 3.36. The summed E-state index contributed by atoms with van der Waals surface area (Å²) in [6, 6.07) is 0.167. The Kier molecular flexibility index (Phi) is 5.16. The number of amides is 1. The SMILES string of the molecule is CCc1noc(C)c1NC(=O)C1CCC(N)C1.Cl. The Morgan fingerprint density at radius 1 is 1.56 bits per heavy atom. The van der Waals surface area contributed by atoms with E-state index in [0.29, 0.717) is 5.76 Å². The molecule has 0 aromatic carbocycles. The van der Waals surface area contributed by atoms with Gasteiger partial charge < -0.3 is 15.6 Å². The van der Waals surface area contributed by atoms with Crippen LogP contribution in [-0.4, -0.2) is 17.1 Å². The van der Waals surface area contributed by atoms with Crippen LogP contribution in [0.2, 0.25) is 0 Å². The molecule has 2 unspecified atom stereocenters. The van der Waals surface area contributed by atoms with Crippen LogP contribution in [0.5, 0.6) is 0 Å². The van der Waals surface area contributed by atoms with Gasteiger partial charge in [-0.3, -0.25) is 4.79 Å². The molecule has 0 bridgehead atoms. The maximum atomic E-state index is 12.0. The number of carbonyl (C=O) groups excluding carboxylic acids is 1. The molecule has 3 N–H and O–H groups in total. The predicted molar refractivity (Wildman–Crippen MR) is 71.8 cm³/mol. The summed E-state index contributed by atoms with van der Waals surface area (Å²) in [5, 5.41) is 6.84. The zero-order chi connectivity index (χ0) is 12.4. The molecule has 5 nitrogen and oxygen atoms in total. The molecule has 2 atom stereocenters.